The molecule has 17 nitrogen and oxygen atoms in total. The van der Waals surface area contributed by atoms with Crippen LogP contribution in [0.3, 0.4) is 0 Å². The predicted octanol–water partition coefficient (Wildman–Crippen LogP) is 12.7. The van der Waals surface area contributed by atoms with Crippen molar-refractivity contribution in [2.24, 2.45) is 0 Å². The van der Waals surface area contributed by atoms with Gasteiger partial charge in [-0.05, 0) is 134 Å². The molecule has 80 heavy (non-hydrogen) atoms. The summed E-state index contributed by atoms with van der Waals surface area (Å²) in [5.74, 6) is -3.90. The standard InChI is InChI=1S/C34H34N2O8S.C24H21Cl3N2O5S/c1-5-22(3)24-9-13-27(14-10-24)44-32-19-29(36-34(40)25-11-15-26(16-12-25)43-23(4)37)31(38)18-30(32)35-33(39)20-45(41,42)28-8-6-7-21(2)17-28;1-3-22(35(33,34)15-6-4-5-13(2)9-15)24(32)28-19-12-21(30)20(11-18(19)27)29-23(31)14-7-8-16(25)17(26)10-14/h6-19,22,38H,5,20H2,1-4H3,(H,35,39)(H,36,40);4-12,22,30H,3H2,1-2H3,(H,28,32)(H,29,31). The Bertz CT molecular complexity index is 3710. The molecular weight excluding hydrogens is 1130 g/mol. The number of sulfone groups is 2. The number of hydrogen-bond donors (Lipinski definition) is 6. The molecule has 7 rings (SSSR count). The summed E-state index contributed by atoms with van der Waals surface area (Å²) in [5, 5.41) is 30.4. The van der Waals surface area contributed by atoms with Crippen LogP contribution in [0.4, 0.5) is 22.7 Å². The lowest BCUT2D eigenvalue weighted by Gasteiger charge is -2.18. The van der Waals surface area contributed by atoms with E-state index in [-0.39, 0.29) is 76.7 Å². The lowest BCUT2D eigenvalue weighted by molar-refractivity contribution is -0.132. The highest BCUT2D eigenvalue weighted by Gasteiger charge is 2.33. The number of anilines is 4. The third-order valence-corrected chi connectivity index (χ3v) is 17.0. The zero-order chi connectivity index (χ0) is 58.6. The first-order valence-corrected chi connectivity index (χ1v) is 28.9. The zero-order valence-electron chi connectivity index (χ0n) is 43.9. The Labute approximate surface area is 478 Å². The molecule has 0 spiro atoms. The molecule has 7 aromatic carbocycles. The first kappa shape index (κ1) is 61.3. The van der Waals surface area contributed by atoms with E-state index in [9.17, 15) is 51.0 Å². The van der Waals surface area contributed by atoms with Crippen LogP contribution in [-0.2, 0) is 34.1 Å². The van der Waals surface area contributed by atoms with E-state index in [0.29, 0.717) is 11.7 Å². The van der Waals surface area contributed by atoms with Gasteiger partial charge in [-0.2, -0.15) is 0 Å². The quantitative estimate of drug-likeness (QED) is 0.0266. The summed E-state index contributed by atoms with van der Waals surface area (Å²) in [6, 6.07) is 34.8. The van der Waals surface area contributed by atoms with E-state index in [1.165, 1.54) is 91.9 Å². The molecule has 0 aromatic heterocycles. The number of amides is 4. The van der Waals surface area contributed by atoms with Gasteiger partial charge in [0.05, 0.1) is 47.6 Å². The molecule has 418 valence electrons. The number of aromatic hydroxyl groups is 2. The number of phenols is 2. The number of nitrogens with one attached hydrogen (secondary N) is 4. The third kappa shape index (κ3) is 16.1. The van der Waals surface area contributed by atoms with Gasteiger partial charge < -0.3 is 41.0 Å². The average molecular weight is 1190 g/mol. The number of carbonyl (C=O) groups is 5. The van der Waals surface area contributed by atoms with Crippen LogP contribution in [0.15, 0.2) is 149 Å². The van der Waals surface area contributed by atoms with Gasteiger partial charge in [-0.15, -0.1) is 0 Å². The van der Waals surface area contributed by atoms with Crippen LogP contribution in [0.25, 0.3) is 0 Å². The highest BCUT2D eigenvalue weighted by Crippen LogP contribution is 2.40. The largest absolute Gasteiger partial charge is 0.506 e. The summed E-state index contributed by atoms with van der Waals surface area (Å²) in [6.45, 7) is 10.5. The van der Waals surface area contributed by atoms with Crippen LogP contribution in [0.2, 0.25) is 15.1 Å². The summed E-state index contributed by atoms with van der Waals surface area (Å²) in [4.78, 5) is 62.6. The number of phenolic OH excluding ortho intramolecular Hbond substituents is 2. The summed E-state index contributed by atoms with van der Waals surface area (Å²) < 4.78 is 63.0. The van der Waals surface area contributed by atoms with E-state index in [4.69, 9.17) is 44.3 Å². The zero-order valence-corrected chi connectivity index (χ0v) is 47.8. The van der Waals surface area contributed by atoms with Gasteiger partial charge in [0, 0.05) is 36.2 Å². The number of halogens is 3. The second-order valence-electron chi connectivity index (χ2n) is 18.2. The van der Waals surface area contributed by atoms with Crippen LogP contribution in [0.1, 0.15) is 83.9 Å². The first-order valence-electron chi connectivity index (χ1n) is 24.5. The smallest absolute Gasteiger partial charge is 0.308 e. The van der Waals surface area contributed by atoms with E-state index in [2.05, 4.69) is 35.1 Å². The summed E-state index contributed by atoms with van der Waals surface area (Å²) in [5.41, 5.74) is 2.92. The second kappa shape index (κ2) is 26.8. The van der Waals surface area contributed by atoms with Crippen LogP contribution >= 0.6 is 34.8 Å². The molecule has 7 aromatic rings. The molecule has 0 fully saturated rings. The maximum absolute atomic E-state index is 13.0. The second-order valence-corrected chi connectivity index (χ2v) is 23.6. The number of esters is 1. The van der Waals surface area contributed by atoms with Crippen molar-refractivity contribution in [2.45, 2.75) is 75.3 Å². The van der Waals surface area contributed by atoms with Gasteiger partial charge in [0.1, 0.15) is 34.0 Å². The van der Waals surface area contributed by atoms with Gasteiger partial charge in [-0.3, -0.25) is 24.0 Å². The van der Waals surface area contributed by atoms with Crippen molar-refractivity contribution in [3.8, 4) is 28.7 Å². The first-order chi connectivity index (χ1) is 37.8. The molecule has 4 amide bonds. The van der Waals surface area contributed by atoms with Crippen LogP contribution in [0, 0.1) is 13.8 Å². The van der Waals surface area contributed by atoms with E-state index < -0.39 is 71.8 Å². The van der Waals surface area contributed by atoms with Crippen molar-refractivity contribution in [1.29, 1.82) is 0 Å². The monoisotopic (exact) mass is 1180 g/mol. The molecule has 0 saturated carbocycles. The van der Waals surface area contributed by atoms with Gasteiger partial charge in [0.25, 0.3) is 11.8 Å². The minimum absolute atomic E-state index is 0.00771. The number of aryl methyl sites for hydroxylation is 2. The molecule has 0 aliphatic rings. The van der Waals surface area contributed by atoms with Crippen LogP contribution < -0.4 is 30.7 Å². The fraction of sp³-hybridized carbons (Fsp3) is 0.190. The van der Waals surface area contributed by atoms with Gasteiger partial charge in [-0.1, -0.05) is 92.0 Å². The van der Waals surface area contributed by atoms with Gasteiger partial charge in [0.15, 0.2) is 25.4 Å². The van der Waals surface area contributed by atoms with Crippen LogP contribution in [0.5, 0.6) is 28.7 Å². The molecule has 0 aliphatic heterocycles. The SMILES string of the molecule is CCC(C(=O)Nc1cc(O)c(NC(=O)c2ccc(Cl)c(Cl)c2)cc1Cl)S(=O)(=O)c1cccc(C)c1.CCC(C)c1ccc(Oc2cc(NC(=O)c3ccc(OC(C)=O)cc3)c(O)cc2NC(=O)CS(=O)(=O)c2cccc(C)c2)cc1. The van der Waals surface area contributed by atoms with Gasteiger partial charge >= 0.3 is 5.97 Å². The summed E-state index contributed by atoms with van der Waals surface area (Å²) in [7, 11) is -7.94. The van der Waals surface area contributed by atoms with E-state index >= 15 is 0 Å². The van der Waals surface area contributed by atoms with Crippen molar-refractivity contribution in [2.75, 3.05) is 27.0 Å². The summed E-state index contributed by atoms with van der Waals surface area (Å²) >= 11 is 18.1. The Kier molecular flexibility index (Phi) is 20.5. The lowest BCUT2D eigenvalue weighted by atomic mass is 9.99. The molecule has 6 N–H and O–H groups in total. The predicted molar refractivity (Wildman–Crippen MR) is 310 cm³/mol. The van der Waals surface area contributed by atoms with Crippen LogP contribution in [-0.4, -0.2) is 67.6 Å². The Balaban J connectivity index is 0.000000266. The Morgan fingerprint density at radius 3 is 1.69 bits per heavy atom. The highest BCUT2D eigenvalue weighted by molar-refractivity contribution is 7.93. The van der Waals surface area contributed by atoms with Crippen molar-refractivity contribution in [3.05, 3.63) is 182 Å². The molecule has 0 saturated heterocycles. The minimum Gasteiger partial charge on any atom is -0.506 e. The molecule has 0 bridgehead atoms. The Morgan fingerprint density at radius 2 is 1.11 bits per heavy atom. The van der Waals surface area contributed by atoms with Crippen molar-refractivity contribution in [1.82, 2.24) is 0 Å². The molecule has 0 radical (unpaired) electrons. The Morgan fingerprint density at radius 1 is 0.562 bits per heavy atom. The van der Waals surface area contributed by atoms with Gasteiger partial charge in [-0.25, -0.2) is 16.8 Å². The summed E-state index contributed by atoms with van der Waals surface area (Å²) in [6.07, 6.45) is 0.971. The van der Waals surface area contributed by atoms with Gasteiger partial charge in [0.2, 0.25) is 11.8 Å². The maximum atomic E-state index is 13.0. The number of ether oxygens (including phenoxy) is 2. The molecule has 0 heterocycles. The molecule has 22 heteroatoms. The molecule has 0 aliphatic carbocycles. The maximum Gasteiger partial charge on any atom is 0.308 e. The third-order valence-electron chi connectivity index (χ3n) is 12.1. The lowest BCUT2D eigenvalue weighted by Crippen LogP contribution is -2.34. The fourth-order valence-electron chi connectivity index (χ4n) is 7.67. The topological polar surface area (TPSA) is 261 Å². The number of benzene rings is 7. The van der Waals surface area contributed by atoms with E-state index in [1.807, 2.05) is 12.1 Å². The van der Waals surface area contributed by atoms with E-state index in [1.54, 1.807) is 57.2 Å². The number of rotatable bonds is 18. The fourth-order valence-corrected chi connectivity index (χ4v) is 11.1. The average Bonchev–Trinajstić information content (AvgIpc) is 3.45. The minimum atomic E-state index is -3.97. The number of carbonyl (C=O) groups excluding carboxylic acids is 5. The normalized spacial score (nSPS) is 11.9. The Hall–Kier alpha value is -7.94. The molecule has 2 unspecified atom stereocenters. The molecule has 2 atom stereocenters. The van der Waals surface area contributed by atoms with Crippen molar-refractivity contribution >= 4 is 107 Å². The highest BCUT2D eigenvalue weighted by atomic mass is 35.5. The molecular formula is C58H55Cl3N4O13S2. The van der Waals surface area contributed by atoms with Crippen molar-refractivity contribution < 1.29 is 60.5 Å². The van der Waals surface area contributed by atoms with E-state index in [0.717, 1.165) is 29.2 Å². The number of hydrogen-bond acceptors (Lipinski definition) is 13. The van der Waals surface area contributed by atoms with Crippen molar-refractivity contribution in [3.63, 3.8) is 0 Å².